The normalized spacial score (nSPS) is 11.9. The van der Waals surface area contributed by atoms with Crippen LogP contribution in [-0.2, 0) is 17.7 Å². The molecule has 2 aromatic carbocycles. The van der Waals surface area contributed by atoms with Gasteiger partial charge in [0.1, 0.15) is 11.5 Å². The molecular formula is C17H19N2O5S-. The maximum Gasteiger partial charge on any atom is 0.335 e. The Bertz CT molecular complexity index is 766. The molecule has 0 saturated heterocycles. The molecule has 4 N–H and O–H groups in total. The molecule has 1 unspecified atom stereocenters. The summed E-state index contributed by atoms with van der Waals surface area (Å²) in [5.74, 6) is 0.101. The Morgan fingerprint density at radius 2 is 2.04 bits per heavy atom. The average molecular weight is 363 g/mol. The lowest BCUT2D eigenvalue weighted by Gasteiger charge is -2.13. The molecular weight excluding hydrogens is 344 g/mol. The summed E-state index contributed by atoms with van der Waals surface area (Å²) in [6.07, 6.45) is 1.87. The van der Waals surface area contributed by atoms with Crippen molar-refractivity contribution in [1.82, 2.24) is 4.72 Å². The number of carboxylic acids is 1. The van der Waals surface area contributed by atoms with Crippen molar-refractivity contribution in [3.8, 4) is 11.5 Å². The first-order valence-corrected chi connectivity index (χ1v) is 8.75. The van der Waals surface area contributed by atoms with E-state index in [1.54, 1.807) is 36.4 Å². The Morgan fingerprint density at radius 3 is 2.72 bits per heavy atom. The third-order valence-corrected chi connectivity index (χ3v) is 3.93. The van der Waals surface area contributed by atoms with Gasteiger partial charge in [-0.3, -0.25) is 4.21 Å². The quantitative estimate of drug-likeness (QED) is 0.357. The number of carbonyl (C=O) groups is 1. The minimum atomic E-state index is -2.27. The maximum atomic E-state index is 11.2. The largest absolute Gasteiger partial charge is 0.760 e. The third-order valence-electron chi connectivity index (χ3n) is 3.49. The van der Waals surface area contributed by atoms with Crippen molar-refractivity contribution in [3.05, 3.63) is 53.6 Å². The monoisotopic (exact) mass is 363 g/mol. The molecule has 0 aliphatic carbocycles. The molecule has 0 aliphatic rings. The lowest BCUT2D eigenvalue weighted by Crippen LogP contribution is -2.17. The van der Waals surface area contributed by atoms with Crippen molar-refractivity contribution in [2.45, 2.75) is 19.3 Å². The van der Waals surface area contributed by atoms with E-state index in [-0.39, 0.29) is 5.56 Å². The van der Waals surface area contributed by atoms with Crippen LogP contribution in [0, 0.1) is 0 Å². The van der Waals surface area contributed by atoms with Crippen molar-refractivity contribution >= 4 is 22.9 Å². The van der Waals surface area contributed by atoms with E-state index >= 15 is 0 Å². The zero-order valence-electron chi connectivity index (χ0n) is 13.4. The fourth-order valence-corrected chi connectivity index (χ4v) is 2.62. The molecule has 0 saturated carbocycles. The SMILES string of the molecule is Nc1cccc(Oc2ccc(C(=O)O)cc2CCCCNS(=O)[O-])c1. The number of nitrogens with one attached hydrogen (secondary N) is 1. The van der Waals surface area contributed by atoms with Crippen LogP contribution in [0.2, 0.25) is 0 Å². The van der Waals surface area contributed by atoms with Crippen LogP contribution in [0.5, 0.6) is 11.5 Å². The first-order valence-electron chi connectivity index (χ1n) is 7.68. The molecule has 0 amide bonds. The molecule has 0 bridgehead atoms. The molecule has 134 valence electrons. The number of hydrogen-bond acceptors (Lipinski definition) is 5. The zero-order valence-corrected chi connectivity index (χ0v) is 14.3. The van der Waals surface area contributed by atoms with E-state index < -0.39 is 17.2 Å². The highest BCUT2D eigenvalue weighted by atomic mass is 32.2. The first kappa shape index (κ1) is 18.9. The van der Waals surface area contributed by atoms with E-state index in [2.05, 4.69) is 4.72 Å². The number of anilines is 1. The lowest BCUT2D eigenvalue weighted by atomic mass is 10.0. The summed E-state index contributed by atoms with van der Waals surface area (Å²) in [6.45, 7) is 0.333. The van der Waals surface area contributed by atoms with Crippen LogP contribution < -0.4 is 15.2 Å². The summed E-state index contributed by atoms with van der Waals surface area (Å²) in [4.78, 5) is 11.2. The standard InChI is InChI=1S/C17H20N2O5S/c18-14-5-3-6-15(11-14)24-16-8-7-13(17(20)21)10-12(16)4-1-2-9-19-25(22)23/h3,5-8,10-11,19H,1-2,4,9,18H2,(H,20,21)(H,22,23)/p-1. The Kier molecular flexibility index (Phi) is 6.93. The predicted octanol–water partition coefficient (Wildman–Crippen LogP) is 2.47. The number of rotatable bonds is 9. The molecule has 7 nitrogen and oxygen atoms in total. The third kappa shape index (κ3) is 6.18. The lowest BCUT2D eigenvalue weighted by molar-refractivity contribution is 0.0696. The summed E-state index contributed by atoms with van der Waals surface area (Å²) < 4.78 is 29.0. The van der Waals surface area contributed by atoms with Gasteiger partial charge in [-0.1, -0.05) is 6.07 Å². The fourth-order valence-electron chi connectivity index (χ4n) is 2.31. The van der Waals surface area contributed by atoms with Gasteiger partial charge in [-0.2, -0.15) is 0 Å². The molecule has 0 radical (unpaired) electrons. The summed E-state index contributed by atoms with van der Waals surface area (Å²) >= 11 is -2.27. The predicted molar refractivity (Wildman–Crippen MR) is 94.2 cm³/mol. The topological polar surface area (TPSA) is 125 Å². The van der Waals surface area contributed by atoms with Gasteiger partial charge in [0, 0.05) is 29.6 Å². The van der Waals surface area contributed by atoms with E-state index in [0.717, 1.165) is 5.56 Å². The smallest absolute Gasteiger partial charge is 0.335 e. The Morgan fingerprint density at radius 1 is 1.24 bits per heavy atom. The molecule has 8 heteroatoms. The fraction of sp³-hybridized carbons (Fsp3) is 0.235. The van der Waals surface area contributed by atoms with Gasteiger partial charge in [-0.25, -0.2) is 9.52 Å². The molecule has 0 heterocycles. The van der Waals surface area contributed by atoms with Gasteiger partial charge >= 0.3 is 5.97 Å². The number of unbranched alkanes of at least 4 members (excludes halogenated alkanes) is 1. The van der Waals surface area contributed by atoms with E-state index in [4.69, 9.17) is 15.6 Å². The molecule has 0 aliphatic heterocycles. The van der Waals surface area contributed by atoms with Crippen LogP contribution >= 0.6 is 0 Å². The summed E-state index contributed by atoms with van der Waals surface area (Å²) in [6, 6.07) is 11.6. The maximum absolute atomic E-state index is 11.2. The second kappa shape index (κ2) is 9.16. The summed E-state index contributed by atoms with van der Waals surface area (Å²) in [5.41, 5.74) is 7.22. The molecule has 2 aromatic rings. The van der Waals surface area contributed by atoms with Crippen LogP contribution in [0.1, 0.15) is 28.8 Å². The van der Waals surface area contributed by atoms with Crippen LogP contribution in [-0.4, -0.2) is 26.4 Å². The number of nitrogen functional groups attached to an aromatic ring is 1. The minimum Gasteiger partial charge on any atom is -0.760 e. The number of ether oxygens (including phenoxy) is 1. The van der Waals surface area contributed by atoms with Crippen molar-refractivity contribution in [2.75, 3.05) is 12.3 Å². The second-order valence-corrected chi connectivity index (χ2v) is 6.15. The Hall–Kier alpha value is -2.42. The summed E-state index contributed by atoms with van der Waals surface area (Å²) in [7, 11) is 0. The van der Waals surface area contributed by atoms with E-state index in [0.29, 0.717) is 43.0 Å². The van der Waals surface area contributed by atoms with E-state index in [9.17, 15) is 13.6 Å². The Labute approximate surface area is 148 Å². The zero-order chi connectivity index (χ0) is 18.2. The van der Waals surface area contributed by atoms with Gasteiger partial charge < -0.3 is 20.1 Å². The van der Waals surface area contributed by atoms with Crippen LogP contribution in [0.3, 0.4) is 0 Å². The van der Waals surface area contributed by atoms with Crippen LogP contribution in [0.15, 0.2) is 42.5 Å². The van der Waals surface area contributed by atoms with Crippen LogP contribution in [0.4, 0.5) is 5.69 Å². The molecule has 25 heavy (non-hydrogen) atoms. The van der Waals surface area contributed by atoms with Crippen LogP contribution in [0.25, 0.3) is 0 Å². The summed E-state index contributed by atoms with van der Waals surface area (Å²) in [5, 5.41) is 9.16. The van der Waals surface area contributed by atoms with E-state index in [1.807, 2.05) is 0 Å². The number of nitrogens with two attached hydrogens (primary N) is 1. The first-order chi connectivity index (χ1) is 12.0. The second-order valence-electron chi connectivity index (χ2n) is 5.39. The molecule has 2 rings (SSSR count). The van der Waals surface area contributed by atoms with Gasteiger partial charge in [0.2, 0.25) is 0 Å². The van der Waals surface area contributed by atoms with Crippen molar-refractivity contribution < 1.29 is 23.4 Å². The molecule has 0 aromatic heterocycles. The van der Waals surface area contributed by atoms with Crippen molar-refractivity contribution in [3.63, 3.8) is 0 Å². The minimum absolute atomic E-state index is 0.175. The number of aryl methyl sites for hydroxylation is 1. The highest BCUT2D eigenvalue weighted by molar-refractivity contribution is 7.77. The average Bonchev–Trinajstić information content (AvgIpc) is 2.55. The number of benzene rings is 2. The van der Waals surface area contributed by atoms with Gasteiger partial charge in [-0.15, -0.1) is 0 Å². The van der Waals surface area contributed by atoms with Crippen molar-refractivity contribution in [1.29, 1.82) is 0 Å². The Balaban J connectivity index is 2.11. The van der Waals surface area contributed by atoms with Gasteiger partial charge in [0.25, 0.3) is 0 Å². The number of carboxylic acid groups (broad SMARTS) is 1. The van der Waals surface area contributed by atoms with Gasteiger partial charge in [0.05, 0.1) is 5.56 Å². The molecule has 1 atom stereocenters. The van der Waals surface area contributed by atoms with Gasteiger partial charge in [-0.05, 0) is 55.2 Å². The highest BCUT2D eigenvalue weighted by Gasteiger charge is 2.10. The highest BCUT2D eigenvalue weighted by Crippen LogP contribution is 2.28. The molecule has 0 spiro atoms. The molecule has 0 fully saturated rings. The van der Waals surface area contributed by atoms with Crippen molar-refractivity contribution in [2.24, 2.45) is 0 Å². The number of aromatic carboxylic acids is 1. The number of hydrogen-bond donors (Lipinski definition) is 3. The van der Waals surface area contributed by atoms with Gasteiger partial charge in [0.15, 0.2) is 0 Å². The van der Waals surface area contributed by atoms with E-state index in [1.165, 1.54) is 6.07 Å².